The van der Waals surface area contributed by atoms with Gasteiger partial charge in [0.25, 0.3) is 0 Å². The summed E-state index contributed by atoms with van der Waals surface area (Å²) < 4.78 is 6.35. The highest BCUT2D eigenvalue weighted by atomic mass is 16.5. The Morgan fingerprint density at radius 1 is 0.867 bits per heavy atom. The van der Waals surface area contributed by atoms with Crippen LogP contribution in [0.1, 0.15) is 48.4 Å². The molecule has 1 aliphatic heterocycles. The fraction of sp³-hybridized carbons (Fsp3) is 0.222. The van der Waals surface area contributed by atoms with Crippen molar-refractivity contribution in [2.45, 2.75) is 26.9 Å². The number of carbonyl (C=O) groups excluding carboxylic acids is 1. The predicted octanol–water partition coefficient (Wildman–Crippen LogP) is 6.32. The lowest BCUT2D eigenvalue weighted by atomic mass is 9.86. The molecular weight excluding hydrogens is 370 g/mol. The highest BCUT2D eigenvalue weighted by Crippen LogP contribution is 2.41. The van der Waals surface area contributed by atoms with E-state index in [0.717, 1.165) is 29.8 Å². The second-order valence-corrected chi connectivity index (χ2v) is 7.49. The van der Waals surface area contributed by atoms with Gasteiger partial charge in [-0.15, -0.1) is 0 Å². The molecule has 1 atom stereocenters. The summed E-state index contributed by atoms with van der Waals surface area (Å²) in [6.45, 7) is 8.27. The van der Waals surface area contributed by atoms with Crippen LogP contribution < -0.4 is 9.64 Å². The zero-order valence-corrected chi connectivity index (χ0v) is 17.8. The summed E-state index contributed by atoms with van der Waals surface area (Å²) >= 11 is 0. The van der Waals surface area contributed by atoms with Gasteiger partial charge >= 0.3 is 0 Å². The number of para-hydroxylation sites is 1. The first kappa shape index (κ1) is 20.0. The molecule has 1 heterocycles. The molecule has 4 rings (SSSR count). The van der Waals surface area contributed by atoms with Gasteiger partial charge in [0, 0.05) is 24.4 Å². The van der Waals surface area contributed by atoms with Gasteiger partial charge in [0.05, 0.1) is 5.56 Å². The van der Waals surface area contributed by atoms with Crippen molar-refractivity contribution in [1.82, 2.24) is 0 Å². The van der Waals surface area contributed by atoms with Crippen LogP contribution in [-0.2, 0) is 0 Å². The van der Waals surface area contributed by atoms with E-state index in [1.54, 1.807) is 0 Å². The van der Waals surface area contributed by atoms with Crippen LogP contribution in [-0.4, -0.2) is 18.9 Å². The zero-order valence-electron chi connectivity index (χ0n) is 17.8. The number of hydrogen-bond donors (Lipinski definition) is 0. The van der Waals surface area contributed by atoms with E-state index in [1.807, 2.05) is 61.5 Å². The van der Waals surface area contributed by atoms with Crippen LogP contribution in [0.3, 0.4) is 0 Å². The highest BCUT2D eigenvalue weighted by Gasteiger charge is 2.34. The number of hydrogen-bond acceptors (Lipinski definition) is 3. The summed E-state index contributed by atoms with van der Waals surface area (Å²) in [5.74, 6) is 0.681. The summed E-state index contributed by atoms with van der Waals surface area (Å²) in [4.78, 5) is 15.8. The summed E-state index contributed by atoms with van der Waals surface area (Å²) in [6, 6.07) is 25.9. The van der Waals surface area contributed by atoms with Crippen molar-refractivity contribution in [3.63, 3.8) is 0 Å². The first-order valence-electron chi connectivity index (χ1n) is 10.6. The third kappa shape index (κ3) is 3.63. The molecule has 3 heteroatoms. The van der Waals surface area contributed by atoms with Crippen molar-refractivity contribution in [1.29, 1.82) is 0 Å². The minimum absolute atomic E-state index is 0.0380. The van der Waals surface area contributed by atoms with E-state index in [0.29, 0.717) is 16.9 Å². The Kier molecular flexibility index (Phi) is 5.71. The van der Waals surface area contributed by atoms with E-state index < -0.39 is 6.10 Å². The van der Waals surface area contributed by atoms with E-state index >= 15 is 0 Å². The number of carbonyl (C=O) groups is 1. The fourth-order valence-electron chi connectivity index (χ4n) is 4.10. The van der Waals surface area contributed by atoms with Gasteiger partial charge in [-0.25, -0.2) is 0 Å². The number of Topliss-reactive ketones (excluding diaryl/α,β-unsaturated/α-hetero) is 1. The normalized spacial score (nSPS) is 17.2. The predicted molar refractivity (Wildman–Crippen MR) is 123 cm³/mol. The lowest BCUT2D eigenvalue weighted by molar-refractivity contribution is 0.0962. The highest BCUT2D eigenvalue weighted by molar-refractivity contribution is 6.16. The maximum Gasteiger partial charge on any atom is 0.197 e. The Labute approximate surface area is 178 Å². The van der Waals surface area contributed by atoms with Crippen LogP contribution in [0.5, 0.6) is 5.75 Å². The molecule has 0 bridgehead atoms. The lowest BCUT2D eigenvalue weighted by Crippen LogP contribution is -2.25. The number of rotatable bonds is 5. The third-order valence-electron chi connectivity index (χ3n) is 5.82. The van der Waals surface area contributed by atoms with Crippen LogP contribution in [0, 0.1) is 0 Å². The first-order valence-corrected chi connectivity index (χ1v) is 10.6. The average molecular weight is 398 g/mol. The maximum atomic E-state index is 13.5. The van der Waals surface area contributed by atoms with Crippen LogP contribution in [0.15, 0.2) is 84.4 Å². The van der Waals surface area contributed by atoms with Crippen molar-refractivity contribution in [3.05, 3.63) is 101 Å². The molecule has 0 aromatic heterocycles. The minimum Gasteiger partial charge on any atom is -0.480 e. The van der Waals surface area contributed by atoms with E-state index in [4.69, 9.17) is 4.74 Å². The minimum atomic E-state index is -0.420. The maximum absolute atomic E-state index is 13.5. The van der Waals surface area contributed by atoms with Crippen molar-refractivity contribution in [2.75, 3.05) is 18.0 Å². The number of allylic oxidation sites excluding steroid dienone is 1. The Morgan fingerprint density at radius 2 is 1.50 bits per heavy atom. The van der Waals surface area contributed by atoms with Gasteiger partial charge in [-0.05, 0) is 61.7 Å². The Hall–Kier alpha value is -3.33. The molecule has 0 radical (unpaired) electrons. The zero-order chi connectivity index (χ0) is 21.1. The second-order valence-electron chi connectivity index (χ2n) is 7.49. The molecule has 0 aliphatic carbocycles. The van der Waals surface area contributed by atoms with E-state index in [1.165, 1.54) is 5.69 Å². The Balaban J connectivity index is 1.82. The fourth-order valence-corrected chi connectivity index (χ4v) is 4.10. The molecule has 1 aliphatic rings. The molecule has 30 heavy (non-hydrogen) atoms. The van der Waals surface area contributed by atoms with Gasteiger partial charge in [0.2, 0.25) is 0 Å². The number of nitrogens with zero attached hydrogens (tertiary/aromatic N) is 1. The molecule has 0 saturated heterocycles. The van der Waals surface area contributed by atoms with Gasteiger partial charge in [-0.3, -0.25) is 4.79 Å². The number of anilines is 1. The standard InChI is InChI=1S/C27H27NO2/c1-4-28(5-2)22-17-15-20(16-18-22)19(3)25-26(29)23-13-9-10-14-24(23)30-27(25)21-11-7-6-8-12-21/h6-18,27H,4-5H2,1-3H3/b25-19+. The smallest absolute Gasteiger partial charge is 0.197 e. The van der Waals surface area contributed by atoms with Crippen molar-refractivity contribution < 1.29 is 9.53 Å². The first-order chi connectivity index (χ1) is 14.6. The molecule has 0 spiro atoms. The van der Waals surface area contributed by atoms with E-state index in [2.05, 4.69) is 43.0 Å². The largest absolute Gasteiger partial charge is 0.480 e. The van der Waals surface area contributed by atoms with E-state index in [-0.39, 0.29) is 5.78 Å². The van der Waals surface area contributed by atoms with Crippen LogP contribution in [0.4, 0.5) is 5.69 Å². The molecule has 152 valence electrons. The number of ketones is 1. The summed E-state index contributed by atoms with van der Waals surface area (Å²) in [5.41, 5.74) is 5.49. The van der Waals surface area contributed by atoms with Crippen molar-refractivity contribution >= 4 is 17.0 Å². The third-order valence-corrected chi connectivity index (χ3v) is 5.82. The van der Waals surface area contributed by atoms with Crippen molar-refractivity contribution in [2.24, 2.45) is 0 Å². The van der Waals surface area contributed by atoms with Crippen LogP contribution in [0.2, 0.25) is 0 Å². The van der Waals surface area contributed by atoms with Gasteiger partial charge in [0.1, 0.15) is 5.75 Å². The van der Waals surface area contributed by atoms with Gasteiger partial charge in [-0.2, -0.15) is 0 Å². The lowest BCUT2D eigenvalue weighted by Gasteiger charge is -2.30. The van der Waals surface area contributed by atoms with Crippen molar-refractivity contribution in [3.8, 4) is 5.75 Å². The summed E-state index contributed by atoms with van der Waals surface area (Å²) in [6.07, 6.45) is -0.420. The Morgan fingerprint density at radius 3 is 2.17 bits per heavy atom. The van der Waals surface area contributed by atoms with Gasteiger partial charge in [-0.1, -0.05) is 54.6 Å². The molecule has 0 saturated carbocycles. The molecule has 0 fully saturated rings. The SMILES string of the molecule is CCN(CC)c1ccc(/C(C)=C2\C(=O)c3ccccc3OC2c2ccccc2)cc1. The van der Waals surface area contributed by atoms with Crippen LogP contribution in [0.25, 0.3) is 5.57 Å². The molecule has 3 aromatic carbocycles. The number of ether oxygens (including phenoxy) is 1. The summed E-state index contributed by atoms with van der Waals surface area (Å²) in [5, 5.41) is 0. The molecule has 1 unspecified atom stereocenters. The molecular formula is C27H27NO2. The average Bonchev–Trinajstić information content (AvgIpc) is 2.80. The molecule has 3 nitrogen and oxygen atoms in total. The Bertz CT molecular complexity index is 1060. The van der Waals surface area contributed by atoms with Gasteiger partial charge < -0.3 is 9.64 Å². The quantitative estimate of drug-likeness (QED) is 0.472. The van der Waals surface area contributed by atoms with Gasteiger partial charge in [0.15, 0.2) is 11.9 Å². The number of fused-ring (bicyclic) bond motifs is 1. The van der Waals surface area contributed by atoms with E-state index in [9.17, 15) is 4.79 Å². The molecule has 3 aromatic rings. The monoisotopic (exact) mass is 397 g/mol. The summed E-state index contributed by atoms with van der Waals surface area (Å²) in [7, 11) is 0. The molecule has 0 N–H and O–H groups in total. The number of benzene rings is 3. The van der Waals surface area contributed by atoms with Crippen LogP contribution >= 0.6 is 0 Å². The topological polar surface area (TPSA) is 29.5 Å². The second kappa shape index (κ2) is 8.58. The molecule has 0 amide bonds.